The Kier molecular flexibility index (Phi) is 7.85. The molecule has 4 N–H and O–H groups in total. The molecule has 0 unspecified atom stereocenters. The average molecular weight is 710 g/mol. The molecule has 4 aromatic rings. The molecular weight excluding hydrogens is 680 g/mol. The molecular formula is C31H30ClF6N9O2. The number of nitrogens with zero attached hydrogens (tertiary/aromatic N) is 7. The Labute approximate surface area is 280 Å². The minimum Gasteiger partial charge on any atom is -0.489 e. The Bertz CT molecular complexity index is 1980. The van der Waals surface area contributed by atoms with E-state index in [4.69, 9.17) is 32.5 Å². The predicted octanol–water partition coefficient (Wildman–Crippen LogP) is 5.98. The van der Waals surface area contributed by atoms with Gasteiger partial charge in [0.15, 0.2) is 11.6 Å². The molecule has 2 atom stereocenters. The fourth-order valence-corrected chi connectivity index (χ4v) is 7.64. The Balaban J connectivity index is 1.45. The van der Waals surface area contributed by atoms with Gasteiger partial charge in [0.25, 0.3) is 5.92 Å². The van der Waals surface area contributed by atoms with Crippen molar-refractivity contribution in [2.45, 2.75) is 56.8 Å². The van der Waals surface area contributed by atoms with E-state index in [1.54, 1.807) is 16.7 Å². The van der Waals surface area contributed by atoms with Crippen molar-refractivity contribution in [2.24, 2.45) is 0 Å². The maximum atomic E-state index is 16.9. The smallest absolute Gasteiger partial charge is 0.418 e. The number of halogens is 7. The minimum atomic E-state index is -4.97. The van der Waals surface area contributed by atoms with Gasteiger partial charge in [0.1, 0.15) is 41.9 Å². The standard InChI is InChI=1S/C31H30ClF6N9O2/c1-14-10-16(39)43-23(19(14)31(36,37)38)17-20(32)25-18-24(21(17)33)44-28(49-13-29-4-3-7-46(29)12-30(34,35)11-29)45-27(18)47(8-9-48-25)15(2)22-26(40)42-6-5-41-22/h5-6,10,15H,3-4,7-9,11-13H2,1-2H3,(H2,39,43)(H2,40,42)/t15-,29-/m1/s1. The van der Waals surface area contributed by atoms with Crippen LogP contribution in [0.25, 0.3) is 22.2 Å². The number of aryl methyl sites for hydroxylation is 1. The highest BCUT2D eigenvalue weighted by Crippen LogP contribution is 2.51. The van der Waals surface area contributed by atoms with Gasteiger partial charge < -0.3 is 25.8 Å². The summed E-state index contributed by atoms with van der Waals surface area (Å²) < 4.78 is 101. The summed E-state index contributed by atoms with van der Waals surface area (Å²) in [6.07, 6.45) is -1.44. The second-order valence-electron chi connectivity index (χ2n) is 12.6. The van der Waals surface area contributed by atoms with E-state index in [0.717, 1.165) is 6.07 Å². The number of fused-ring (bicyclic) bond motifs is 1. The molecule has 2 saturated heterocycles. The Morgan fingerprint density at radius 3 is 2.61 bits per heavy atom. The molecule has 0 saturated carbocycles. The number of benzene rings is 1. The van der Waals surface area contributed by atoms with E-state index in [9.17, 15) is 22.0 Å². The van der Waals surface area contributed by atoms with Crippen molar-refractivity contribution in [2.75, 3.05) is 49.2 Å². The van der Waals surface area contributed by atoms with Gasteiger partial charge in [-0.3, -0.25) is 9.88 Å². The number of pyridine rings is 1. The van der Waals surface area contributed by atoms with Crippen LogP contribution in [0, 0.1) is 12.7 Å². The van der Waals surface area contributed by atoms with Crippen LogP contribution in [0.2, 0.25) is 5.02 Å². The fraction of sp³-hybridized carbons (Fsp3) is 0.452. The highest BCUT2D eigenvalue weighted by Gasteiger charge is 2.57. The molecule has 6 heterocycles. The lowest BCUT2D eigenvalue weighted by molar-refractivity contribution is -0.137. The first-order valence-corrected chi connectivity index (χ1v) is 15.8. The van der Waals surface area contributed by atoms with Crippen molar-refractivity contribution < 1.29 is 35.8 Å². The van der Waals surface area contributed by atoms with Crippen LogP contribution in [0.1, 0.15) is 49.0 Å². The third-order valence-corrected chi connectivity index (χ3v) is 9.75. The van der Waals surface area contributed by atoms with Gasteiger partial charge in [0.2, 0.25) is 0 Å². The average Bonchev–Trinajstić information content (AvgIpc) is 3.41. The van der Waals surface area contributed by atoms with Gasteiger partial charge in [-0.05, 0) is 44.9 Å². The lowest BCUT2D eigenvalue weighted by atomic mass is 9.94. The van der Waals surface area contributed by atoms with Crippen LogP contribution in [0.3, 0.4) is 0 Å². The van der Waals surface area contributed by atoms with Crippen molar-refractivity contribution in [1.29, 1.82) is 0 Å². The Morgan fingerprint density at radius 2 is 1.88 bits per heavy atom. The topological polar surface area (TPSA) is 141 Å². The van der Waals surface area contributed by atoms with Crippen molar-refractivity contribution in [3.8, 4) is 23.0 Å². The fourth-order valence-electron chi connectivity index (χ4n) is 7.32. The molecule has 0 amide bonds. The first-order valence-electron chi connectivity index (χ1n) is 15.4. The number of nitrogen functional groups attached to an aromatic ring is 2. The van der Waals surface area contributed by atoms with Crippen LogP contribution in [0.4, 0.5) is 43.8 Å². The largest absolute Gasteiger partial charge is 0.489 e. The van der Waals surface area contributed by atoms with E-state index in [1.807, 2.05) is 0 Å². The molecule has 1 aromatic carbocycles. The number of nitrogens with two attached hydrogens (primary N) is 2. The van der Waals surface area contributed by atoms with E-state index in [-0.39, 0.29) is 53.9 Å². The summed E-state index contributed by atoms with van der Waals surface area (Å²) in [5, 5.41) is -0.568. The molecule has 0 spiro atoms. The van der Waals surface area contributed by atoms with Gasteiger partial charge >= 0.3 is 12.2 Å². The molecule has 0 aliphatic carbocycles. The molecule has 2 fully saturated rings. The van der Waals surface area contributed by atoms with E-state index in [1.165, 1.54) is 19.3 Å². The summed E-state index contributed by atoms with van der Waals surface area (Å²) in [5.74, 6) is -4.53. The Hall–Kier alpha value is -4.38. The van der Waals surface area contributed by atoms with Crippen LogP contribution < -0.4 is 25.8 Å². The van der Waals surface area contributed by atoms with Crippen molar-refractivity contribution in [3.05, 3.63) is 46.1 Å². The summed E-state index contributed by atoms with van der Waals surface area (Å²) in [4.78, 5) is 24.6. The number of hydrogen-bond acceptors (Lipinski definition) is 11. The zero-order valence-corrected chi connectivity index (χ0v) is 27.0. The molecule has 0 bridgehead atoms. The normalized spacial score (nSPS) is 21.0. The maximum absolute atomic E-state index is 16.9. The van der Waals surface area contributed by atoms with Gasteiger partial charge in [0, 0.05) is 18.8 Å². The second-order valence-corrected chi connectivity index (χ2v) is 13.0. The van der Waals surface area contributed by atoms with Crippen LogP contribution >= 0.6 is 11.6 Å². The second kappa shape index (κ2) is 11.6. The van der Waals surface area contributed by atoms with Crippen LogP contribution in [0.15, 0.2) is 18.5 Å². The van der Waals surface area contributed by atoms with Gasteiger partial charge in [-0.25, -0.2) is 23.1 Å². The van der Waals surface area contributed by atoms with Gasteiger partial charge in [0.05, 0.1) is 51.9 Å². The highest BCUT2D eigenvalue weighted by atomic mass is 35.5. The first-order chi connectivity index (χ1) is 23.1. The Morgan fingerprint density at radius 1 is 1.12 bits per heavy atom. The van der Waals surface area contributed by atoms with Gasteiger partial charge in [-0.1, -0.05) is 11.6 Å². The van der Waals surface area contributed by atoms with Crippen LogP contribution in [0.5, 0.6) is 11.8 Å². The zero-order chi connectivity index (χ0) is 35.0. The monoisotopic (exact) mass is 709 g/mol. The molecule has 3 aliphatic rings. The van der Waals surface area contributed by atoms with E-state index in [2.05, 4.69) is 24.9 Å². The van der Waals surface area contributed by atoms with Gasteiger partial charge in [-0.15, -0.1) is 0 Å². The highest BCUT2D eigenvalue weighted by molar-refractivity contribution is 6.36. The summed E-state index contributed by atoms with van der Waals surface area (Å²) in [6, 6.07) is -0.0218. The molecule has 0 radical (unpaired) electrons. The predicted molar refractivity (Wildman–Crippen MR) is 168 cm³/mol. The van der Waals surface area contributed by atoms with E-state index >= 15 is 4.39 Å². The third-order valence-electron chi connectivity index (χ3n) is 9.39. The number of anilines is 3. The quantitative estimate of drug-likeness (QED) is 0.229. The van der Waals surface area contributed by atoms with Gasteiger partial charge in [-0.2, -0.15) is 23.1 Å². The number of hydrogen-bond donors (Lipinski definition) is 2. The molecule has 3 aromatic heterocycles. The van der Waals surface area contributed by atoms with Crippen molar-refractivity contribution in [3.63, 3.8) is 0 Å². The molecule has 7 rings (SSSR count). The molecule has 18 heteroatoms. The summed E-state index contributed by atoms with van der Waals surface area (Å²) >= 11 is 6.74. The summed E-state index contributed by atoms with van der Waals surface area (Å²) in [7, 11) is 0. The minimum absolute atomic E-state index is 0.0442. The van der Waals surface area contributed by atoms with Crippen LogP contribution in [-0.4, -0.2) is 74.1 Å². The van der Waals surface area contributed by atoms with E-state index in [0.29, 0.717) is 25.1 Å². The molecule has 260 valence electrons. The lowest BCUT2D eigenvalue weighted by Gasteiger charge is -2.31. The molecule has 11 nitrogen and oxygen atoms in total. The van der Waals surface area contributed by atoms with E-state index < -0.39 is 75.8 Å². The number of rotatable bonds is 6. The molecule has 3 aliphatic heterocycles. The van der Waals surface area contributed by atoms with Crippen molar-refractivity contribution in [1.82, 2.24) is 29.8 Å². The third kappa shape index (κ3) is 5.56. The first kappa shape index (κ1) is 33.1. The van der Waals surface area contributed by atoms with Crippen molar-refractivity contribution >= 4 is 40.0 Å². The zero-order valence-electron chi connectivity index (χ0n) is 26.2. The number of aromatic nitrogens is 5. The summed E-state index contributed by atoms with van der Waals surface area (Å²) in [6.45, 7) is 2.73. The summed E-state index contributed by atoms with van der Waals surface area (Å²) in [5.41, 5.74) is 7.70. The molecule has 49 heavy (non-hydrogen) atoms. The SMILES string of the molecule is Cc1cc(N)nc(-c2c(Cl)c3c4c(nc(OC[C@]56CCCN5CC(F)(F)C6)nc4c2F)N([C@H](C)c2nccnc2N)CCO3)c1C(F)(F)F. The lowest BCUT2D eigenvalue weighted by Crippen LogP contribution is -2.43. The number of alkyl halides is 5. The maximum Gasteiger partial charge on any atom is 0.418 e. The number of ether oxygens (including phenoxy) is 2. The van der Waals surface area contributed by atoms with Crippen LogP contribution in [-0.2, 0) is 6.18 Å².